The lowest BCUT2D eigenvalue weighted by molar-refractivity contribution is -0.127. The third-order valence-corrected chi connectivity index (χ3v) is 4.99. The van der Waals surface area contributed by atoms with Gasteiger partial charge in [0.2, 0.25) is 5.91 Å². The summed E-state index contributed by atoms with van der Waals surface area (Å²) in [5.41, 5.74) is 3.59. The average molecular weight is 352 g/mol. The van der Waals surface area contributed by atoms with Gasteiger partial charge in [0.15, 0.2) is 0 Å². The van der Waals surface area contributed by atoms with Crippen LogP contribution in [0.4, 0.5) is 0 Å². The molecule has 1 amide bonds. The molecular weight excluding hydrogens is 328 g/mol. The molecule has 6 heteroatoms. The molecule has 0 atom stereocenters. The van der Waals surface area contributed by atoms with Crippen LogP contribution in [0.15, 0.2) is 36.7 Å². The molecule has 0 aliphatic carbocycles. The molecule has 0 unspecified atom stereocenters. The molecule has 26 heavy (non-hydrogen) atoms. The SMILES string of the molecule is Cn1cc(/C=C/C(=O)N2CCN(Cc3ccc4c(c3)CCO4)CC2)cn1. The van der Waals surface area contributed by atoms with E-state index in [-0.39, 0.29) is 5.91 Å². The molecule has 1 aromatic carbocycles. The van der Waals surface area contributed by atoms with E-state index in [4.69, 9.17) is 4.74 Å². The molecule has 3 heterocycles. The van der Waals surface area contributed by atoms with Gasteiger partial charge in [-0.1, -0.05) is 12.1 Å². The highest BCUT2D eigenvalue weighted by atomic mass is 16.5. The molecule has 0 spiro atoms. The Hall–Kier alpha value is -2.60. The van der Waals surface area contributed by atoms with Crippen molar-refractivity contribution in [2.75, 3.05) is 32.8 Å². The van der Waals surface area contributed by atoms with E-state index in [9.17, 15) is 4.79 Å². The van der Waals surface area contributed by atoms with E-state index in [1.807, 2.05) is 24.2 Å². The van der Waals surface area contributed by atoms with Gasteiger partial charge in [-0.05, 0) is 23.3 Å². The van der Waals surface area contributed by atoms with Gasteiger partial charge in [-0.15, -0.1) is 0 Å². The fourth-order valence-corrected chi connectivity index (χ4v) is 3.52. The number of nitrogens with zero attached hydrogens (tertiary/aromatic N) is 4. The zero-order valence-corrected chi connectivity index (χ0v) is 15.1. The van der Waals surface area contributed by atoms with Crippen LogP contribution in [-0.4, -0.2) is 58.3 Å². The van der Waals surface area contributed by atoms with Gasteiger partial charge in [-0.25, -0.2) is 0 Å². The lowest BCUT2D eigenvalue weighted by Gasteiger charge is -2.34. The number of carbonyl (C=O) groups is 1. The van der Waals surface area contributed by atoms with Gasteiger partial charge in [0, 0.05) is 64.0 Å². The van der Waals surface area contributed by atoms with Crippen LogP contribution in [0.2, 0.25) is 0 Å². The molecule has 0 N–H and O–H groups in total. The quantitative estimate of drug-likeness (QED) is 0.786. The van der Waals surface area contributed by atoms with Crippen molar-refractivity contribution in [3.8, 4) is 5.75 Å². The predicted octanol–water partition coefficient (Wildman–Crippen LogP) is 1.71. The summed E-state index contributed by atoms with van der Waals surface area (Å²) in [7, 11) is 1.87. The molecule has 4 rings (SSSR count). The minimum atomic E-state index is 0.0724. The minimum absolute atomic E-state index is 0.0724. The van der Waals surface area contributed by atoms with Gasteiger partial charge in [0.1, 0.15) is 5.75 Å². The lowest BCUT2D eigenvalue weighted by Crippen LogP contribution is -2.47. The molecule has 1 fully saturated rings. The van der Waals surface area contributed by atoms with Crippen LogP contribution in [0.5, 0.6) is 5.75 Å². The first kappa shape index (κ1) is 16.8. The molecule has 0 bridgehead atoms. The van der Waals surface area contributed by atoms with E-state index < -0.39 is 0 Å². The van der Waals surface area contributed by atoms with Gasteiger partial charge in [-0.2, -0.15) is 5.10 Å². The van der Waals surface area contributed by atoms with Crippen LogP contribution in [0.3, 0.4) is 0 Å². The van der Waals surface area contributed by atoms with E-state index in [0.717, 1.165) is 57.1 Å². The second kappa shape index (κ2) is 7.33. The van der Waals surface area contributed by atoms with Gasteiger partial charge < -0.3 is 9.64 Å². The lowest BCUT2D eigenvalue weighted by atomic mass is 10.1. The van der Waals surface area contributed by atoms with Gasteiger partial charge in [0.25, 0.3) is 0 Å². The number of amides is 1. The zero-order chi connectivity index (χ0) is 17.9. The van der Waals surface area contributed by atoms with E-state index in [0.29, 0.717) is 0 Å². The molecule has 6 nitrogen and oxygen atoms in total. The summed E-state index contributed by atoms with van der Waals surface area (Å²) >= 11 is 0. The van der Waals surface area contributed by atoms with Crippen molar-refractivity contribution in [3.05, 3.63) is 53.4 Å². The highest BCUT2D eigenvalue weighted by Gasteiger charge is 2.20. The van der Waals surface area contributed by atoms with Crippen LogP contribution in [0, 0.1) is 0 Å². The van der Waals surface area contributed by atoms with Crippen LogP contribution < -0.4 is 4.74 Å². The maximum absolute atomic E-state index is 12.4. The summed E-state index contributed by atoms with van der Waals surface area (Å²) in [4.78, 5) is 16.7. The number of fused-ring (bicyclic) bond motifs is 1. The topological polar surface area (TPSA) is 50.6 Å². The largest absolute Gasteiger partial charge is 0.493 e. The first-order valence-electron chi connectivity index (χ1n) is 9.10. The fraction of sp³-hybridized carbons (Fsp3) is 0.400. The number of carbonyl (C=O) groups excluding carboxylic acids is 1. The molecule has 2 aromatic rings. The number of piperazine rings is 1. The first-order valence-corrected chi connectivity index (χ1v) is 9.10. The van der Waals surface area contributed by atoms with Crippen molar-refractivity contribution in [2.24, 2.45) is 7.05 Å². The number of hydrogen-bond acceptors (Lipinski definition) is 4. The number of aryl methyl sites for hydroxylation is 1. The fourth-order valence-electron chi connectivity index (χ4n) is 3.52. The molecule has 2 aliphatic heterocycles. The number of ether oxygens (including phenoxy) is 1. The standard InChI is InChI=1S/C20H24N4O2/c1-22-14-17(13-21-22)3-5-20(25)24-9-7-23(8-10-24)15-16-2-4-19-18(12-16)6-11-26-19/h2-5,12-14H,6-11,15H2,1H3/b5-3+. The van der Waals surface area contributed by atoms with E-state index in [1.165, 1.54) is 11.1 Å². The average Bonchev–Trinajstić information content (AvgIpc) is 3.28. The predicted molar refractivity (Wildman–Crippen MR) is 99.7 cm³/mol. The highest BCUT2D eigenvalue weighted by molar-refractivity contribution is 5.91. The monoisotopic (exact) mass is 352 g/mol. The molecule has 0 radical (unpaired) electrons. The Balaban J connectivity index is 1.28. The molecule has 0 saturated carbocycles. The molecule has 1 aromatic heterocycles. The second-order valence-electron chi connectivity index (χ2n) is 6.92. The van der Waals surface area contributed by atoms with Crippen molar-refractivity contribution in [3.63, 3.8) is 0 Å². The Morgan fingerprint density at radius 2 is 2.12 bits per heavy atom. The van der Waals surface area contributed by atoms with Gasteiger partial charge in [0.05, 0.1) is 12.8 Å². The Labute approximate surface area is 153 Å². The normalized spacial score (nSPS) is 17.5. The summed E-state index contributed by atoms with van der Waals surface area (Å²) in [6.07, 6.45) is 8.13. The van der Waals surface area contributed by atoms with Crippen LogP contribution in [-0.2, 0) is 24.8 Å². The van der Waals surface area contributed by atoms with Crippen molar-refractivity contribution >= 4 is 12.0 Å². The molecule has 136 valence electrons. The minimum Gasteiger partial charge on any atom is -0.493 e. The Morgan fingerprint density at radius 1 is 1.27 bits per heavy atom. The van der Waals surface area contributed by atoms with Crippen molar-refractivity contribution in [2.45, 2.75) is 13.0 Å². The second-order valence-corrected chi connectivity index (χ2v) is 6.92. The van der Waals surface area contributed by atoms with E-state index in [2.05, 4.69) is 28.2 Å². The van der Waals surface area contributed by atoms with Crippen molar-refractivity contribution in [1.82, 2.24) is 19.6 Å². The number of hydrogen-bond donors (Lipinski definition) is 0. The van der Waals surface area contributed by atoms with Crippen molar-refractivity contribution in [1.29, 1.82) is 0 Å². The summed E-state index contributed by atoms with van der Waals surface area (Å²) in [5, 5.41) is 4.10. The zero-order valence-electron chi connectivity index (χ0n) is 15.1. The van der Waals surface area contributed by atoms with Crippen LogP contribution in [0.1, 0.15) is 16.7 Å². The van der Waals surface area contributed by atoms with Gasteiger partial charge >= 0.3 is 0 Å². The molecule has 2 aliphatic rings. The molecular formula is C20H24N4O2. The van der Waals surface area contributed by atoms with Gasteiger partial charge in [-0.3, -0.25) is 14.4 Å². The van der Waals surface area contributed by atoms with E-state index in [1.54, 1.807) is 17.0 Å². The Morgan fingerprint density at radius 3 is 2.88 bits per heavy atom. The summed E-state index contributed by atoms with van der Waals surface area (Å²) in [6, 6.07) is 6.50. The Bertz CT molecular complexity index is 819. The highest BCUT2D eigenvalue weighted by Crippen LogP contribution is 2.26. The molecule has 1 saturated heterocycles. The third-order valence-electron chi connectivity index (χ3n) is 4.99. The van der Waals surface area contributed by atoms with Crippen molar-refractivity contribution < 1.29 is 9.53 Å². The van der Waals surface area contributed by atoms with E-state index >= 15 is 0 Å². The smallest absolute Gasteiger partial charge is 0.246 e. The Kier molecular flexibility index (Phi) is 4.75. The number of benzene rings is 1. The third kappa shape index (κ3) is 3.80. The maximum Gasteiger partial charge on any atom is 0.246 e. The first-order chi connectivity index (χ1) is 12.7. The maximum atomic E-state index is 12.4. The summed E-state index contributed by atoms with van der Waals surface area (Å²) in [5.74, 6) is 1.10. The number of aromatic nitrogens is 2. The van der Waals surface area contributed by atoms with Crippen LogP contribution >= 0.6 is 0 Å². The number of rotatable bonds is 4. The summed E-state index contributed by atoms with van der Waals surface area (Å²) < 4.78 is 7.30. The van der Waals surface area contributed by atoms with Crippen LogP contribution in [0.25, 0.3) is 6.08 Å². The summed E-state index contributed by atoms with van der Waals surface area (Å²) in [6.45, 7) is 5.07.